The second-order valence-corrected chi connectivity index (χ2v) is 6.55. The van der Waals surface area contributed by atoms with Gasteiger partial charge in [-0.1, -0.05) is 0 Å². The van der Waals surface area contributed by atoms with Crippen LogP contribution in [0.5, 0.6) is 0 Å². The van der Waals surface area contributed by atoms with E-state index >= 15 is 0 Å². The summed E-state index contributed by atoms with van der Waals surface area (Å²) in [5.41, 5.74) is 1.01. The van der Waals surface area contributed by atoms with E-state index < -0.39 is 0 Å². The topological polar surface area (TPSA) is 25.4 Å². The maximum atomic E-state index is 5.76. The predicted molar refractivity (Wildman–Crippen MR) is 81.1 cm³/mol. The van der Waals surface area contributed by atoms with Crippen LogP contribution in [0.1, 0.15) is 37.4 Å². The predicted octanol–water partition coefficient (Wildman–Crippen LogP) is 3.31. The van der Waals surface area contributed by atoms with Gasteiger partial charge in [0, 0.05) is 18.5 Å². The quantitative estimate of drug-likeness (QED) is 0.595. The number of hydrogen-bond donors (Lipinski definition) is 0. The molecule has 1 aliphatic heterocycles. The Kier molecular flexibility index (Phi) is 6.07. The van der Waals surface area contributed by atoms with Crippen LogP contribution in [0.25, 0.3) is 0 Å². The molecule has 1 saturated heterocycles. The fourth-order valence-corrected chi connectivity index (χ4v) is 3.67. The number of aryl methyl sites for hydroxylation is 1. The van der Waals surface area contributed by atoms with E-state index in [0.29, 0.717) is 18.1 Å². The summed E-state index contributed by atoms with van der Waals surface area (Å²) in [6.07, 6.45) is 4.25. The summed E-state index contributed by atoms with van der Waals surface area (Å²) < 4.78 is 5.74. The van der Waals surface area contributed by atoms with Crippen LogP contribution < -0.4 is 0 Å². The molecule has 0 spiro atoms. The number of alkyl halides is 1. The monoisotopic (exact) mass is 302 g/mol. The van der Waals surface area contributed by atoms with Gasteiger partial charge in [0.15, 0.2) is 0 Å². The summed E-state index contributed by atoms with van der Waals surface area (Å²) in [5.74, 6) is 0.528. The van der Waals surface area contributed by atoms with Crippen molar-refractivity contribution in [1.82, 2.24) is 9.88 Å². The number of aromatic nitrogens is 1. The van der Waals surface area contributed by atoms with Gasteiger partial charge in [0.2, 0.25) is 0 Å². The summed E-state index contributed by atoms with van der Waals surface area (Å²) in [7, 11) is 0. The van der Waals surface area contributed by atoms with Crippen molar-refractivity contribution in [2.45, 2.75) is 51.2 Å². The van der Waals surface area contributed by atoms with Gasteiger partial charge in [-0.15, -0.1) is 22.9 Å². The summed E-state index contributed by atoms with van der Waals surface area (Å²) >= 11 is 7.49. The lowest BCUT2D eigenvalue weighted by atomic mass is 10.2. The molecule has 2 atom stereocenters. The maximum Gasteiger partial charge on any atom is 0.0928 e. The molecule has 5 heteroatoms. The molecule has 0 unspecified atom stereocenters. The number of morpholine rings is 1. The Bertz CT molecular complexity index is 375. The van der Waals surface area contributed by atoms with E-state index in [2.05, 4.69) is 29.1 Å². The Morgan fingerprint density at radius 1 is 1.37 bits per heavy atom. The van der Waals surface area contributed by atoms with Gasteiger partial charge >= 0.3 is 0 Å². The van der Waals surface area contributed by atoms with Crippen LogP contribution in [-0.4, -0.2) is 41.7 Å². The average molecular weight is 303 g/mol. The minimum Gasteiger partial charge on any atom is -0.373 e. The van der Waals surface area contributed by atoms with Crippen LogP contribution in [-0.2, 0) is 17.0 Å². The van der Waals surface area contributed by atoms with Crippen molar-refractivity contribution >= 4 is 22.9 Å². The molecular formula is C14H23ClN2OS. The van der Waals surface area contributed by atoms with Crippen molar-refractivity contribution in [3.63, 3.8) is 0 Å². The molecule has 1 aromatic heterocycles. The van der Waals surface area contributed by atoms with Crippen LogP contribution in [0.2, 0.25) is 0 Å². The van der Waals surface area contributed by atoms with Gasteiger partial charge in [-0.25, -0.2) is 4.98 Å². The van der Waals surface area contributed by atoms with Gasteiger partial charge in [0.05, 0.1) is 28.8 Å². The number of rotatable bonds is 6. The van der Waals surface area contributed by atoms with Crippen LogP contribution in [0.15, 0.2) is 5.38 Å². The van der Waals surface area contributed by atoms with Crippen molar-refractivity contribution < 1.29 is 4.74 Å². The first-order valence-electron chi connectivity index (χ1n) is 7.04. The molecule has 0 bridgehead atoms. The van der Waals surface area contributed by atoms with Gasteiger partial charge in [-0.2, -0.15) is 0 Å². The number of nitrogens with zero attached hydrogens (tertiary/aromatic N) is 2. The van der Waals surface area contributed by atoms with Gasteiger partial charge in [0.25, 0.3) is 0 Å². The molecule has 3 nitrogen and oxygen atoms in total. The van der Waals surface area contributed by atoms with Gasteiger partial charge < -0.3 is 4.74 Å². The summed E-state index contributed by atoms with van der Waals surface area (Å²) in [4.78, 5) is 7.01. The molecule has 0 N–H and O–H groups in total. The molecule has 0 aliphatic carbocycles. The Morgan fingerprint density at radius 2 is 2.11 bits per heavy atom. The second kappa shape index (κ2) is 7.58. The zero-order valence-corrected chi connectivity index (χ0v) is 13.3. The van der Waals surface area contributed by atoms with Crippen molar-refractivity contribution in [3.05, 3.63) is 16.1 Å². The minimum atomic E-state index is 0.369. The lowest BCUT2D eigenvalue weighted by Gasteiger charge is -2.35. The SMILES string of the molecule is C[C@@H]1CN(CCCCc2nc(CCl)cs2)C[C@H](C)O1. The van der Waals surface area contributed by atoms with E-state index in [1.165, 1.54) is 24.4 Å². The van der Waals surface area contributed by atoms with E-state index in [-0.39, 0.29) is 0 Å². The van der Waals surface area contributed by atoms with Gasteiger partial charge in [0.1, 0.15) is 0 Å². The lowest BCUT2D eigenvalue weighted by Crippen LogP contribution is -2.45. The molecular weight excluding hydrogens is 280 g/mol. The molecule has 0 amide bonds. The molecule has 2 heterocycles. The van der Waals surface area contributed by atoms with E-state index in [1.807, 2.05) is 0 Å². The highest BCUT2D eigenvalue weighted by molar-refractivity contribution is 7.09. The van der Waals surface area contributed by atoms with Crippen LogP contribution in [0.3, 0.4) is 0 Å². The Hall–Kier alpha value is -0.160. The minimum absolute atomic E-state index is 0.369. The standard InChI is InChI=1S/C14H23ClN2OS/c1-11-8-17(9-12(2)18-11)6-4-3-5-14-16-13(7-15)10-19-14/h10-12H,3-9H2,1-2H3/t11-,12+. The molecule has 1 aliphatic rings. The molecule has 0 radical (unpaired) electrons. The lowest BCUT2D eigenvalue weighted by molar-refractivity contribution is -0.0681. The fraction of sp³-hybridized carbons (Fsp3) is 0.786. The largest absolute Gasteiger partial charge is 0.373 e. The highest BCUT2D eigenvalue weighted by atomic mass is 35.5. The smallest absolute Gasteiger partial charge is 0.0928 e. The first-order chi connectivity index (χ1) is 9.17. The molecule has 2 rings (SSSR count). The molecule has 1 aromatic rings. The molecule has 19 heavy (non-hydrogen) atoms. The average Bonchev–Trinajstić information content (AvgIpc) is 2.81. The highest BCUT2D eigenvalue weighted by Crippen LogP contribution is 2.15. The molecule has 1 fully saturated rings. The van der Waals surface area contributed by atoms with Gasteiger partial charge in [-0.3, -0.25) is 4.90 Å². The first kappa shape index (κ1) is 15.2. The third-order valence-corrected chi connectivity index (χ3v) is 4.58. The molecule has 108 valence electrons. The Balaban J connectivity index is 1.63. The fourth-order valence-electron chi connectivity index (χ4n) is 2.60. The van der Waals surface area contributed by atoms with Crippen molar-refractivity contribution in [3.8, 4) is 0 Å². The summed E-state index contributed by atoms with van der Waals surface area (Å²) in [6.45, 7) is 7.62. The first-order valence-corrected chi connectivity index (χ1v) is 8.46. The van der Waals surface area contributed by atoms with Crippen molar-refractivity contribution in [1.29, 1.82) is 0 Å². The summed E-state index contributed by atoms with van der Waals surface area (Å²) in [5, 5.41) is 3.28. The number of unbranched alkanes of at least 4 members (excludes halogenated alkanes) is 1. The van der Waals surface area contributed by atoms with Crippen molar-refractivity contribution in [2.24, 2.45) is 0 Å². The summed E-state index contributed by atoms with van der Waals surface area (Å²) in [6, 6.07) is 0. The van der Waals surface area contributed by atoms with E-state index in [1.54, 1.807) is 11.3 Å². The zero-order chi connectivity index (χ0) is 13.7. The highest BCUT2D eigenvalue weighted by Gasteiger charge is 2.21. The maximum absolute atomic E-state index is 5.76. The Morgan fingerprint density at radius 3 is 2.74 bits per heavy atom. The number of thiazole rings is 1. The molecule has 0 aromatic carbocycles. The van der Waals surface area contributed by atoms with E-state index in [0.717, 1.165) is 25.2 Å². The van der Waals surface area contributed by atoms with E-state index in [9.17, 15) is 0 Å². The van der Waals surface area contributed by atoms with Gasteiger partial charge in [-0.05, 0) is 39.7 Å². The third kappa shape index (κ3) is 5.03. The number of hydrogen-bond acceptors (Lipinski definition) is 4. The molecule has 0 saturated carbocycles. The number of halogens is 1. The zero-order valence-electron chi connectivity index (χ0n) is 11.8. The van der Waals surface area contributed by atoms with Crippen LogP contribution in [0, 0.1) is 0 Å². The van der Waals surface area contributed by atoms with Crippen LogP contribution >= 0.6 is 22.9 Å². The van der Waals surface area contributed by atoms with Crippen LogP contribution in [0.4, 0.5) is 0 Å². The van der Waals surface area contributed by atoms with Crippen molar-refractivity contribution in [2.75, 3.05) is 19.6 Å². The van der Waals surface area contributed by atoms with E-state index in [4.69, 9.17) is 16.3 Å². The Labute approximate surface area is 124 Å². The number of ether oxygens (including phenoxy) is 1. The third-order valence-electron chi connectivity index (χ3n) is 3.35. The normalized spacial score (nSPS) is 24.8. The second-order valence-electron chi connectivity index (χ2n) is 5.34.